The highest BCUT2D eigenvalue weighted by Crippen LogP contribution is 2.45. The maximum Gasteiger partial charge on any atom is 0.249 e. The van der Waals surface area contributed by atoms with Crippen LogP contribution in [0.25, 0.3) is 5.82 Å². The number of rotatable bonds is 3. The van der Waals surface area contributed by atoms with Gasteiger partial charge in [0.25, 0.3) is 0 Å². The molecule has 0 bridgehead atoms. The molecule has 3 fully saturated rings. The maximum absolute atomic E-state index is 13.7. The van der Waals surface area contributed by atoms with Crippen molar-refractivity contribution in [1.29, 1.82) is 0 Å². The molecule has 4 heterocycles. The van der Waals surface area contributed by atoms with E-state index in [1.54, 1.807) is 29.1 Å². The lowest BCUT2D eigenvalue weighted by atomic mass is 9.75. The lowest BCUT2D eigenvalue weighted by molar-refractivity contribution is -0.203. The van der Waals surface area contributed by atoms with E-state index in [1.807, 2.05) is 13.0 Å². The summed E-state index contributed by atoms with van der Waals surface area (Å²) in [4.78, 5) is 34.3. The standard InChI is InChI=1S/C22H26FN5O4/c1-15(16-3-4-18(24-11-16)28-13-17(23)12-25-28)27-14-19(29)26(2)21(20(27)30)5-7-22(8-6-21)31-9-10-32-22/h3-4,11-13,15H,5-10,14H2,1-2H3/t15-/m0/s1. The molecule has 1 atom stereocenters. The number of pyridine rings is 1. The highest BCUT2D eigenvalue weighted by molar-refractivity contribution is 5.98. The number of likely N-dealkylation sites (N-methyl/N-ethyl adjacent to an activating group) is 1. The molecule has 2 spiro atoms. The van der Waals surface area contributed by atoms with Crippen molar-refractivity contribution in [2.24, 2.45) is 0 Å². The molecule has 0 radical (unpaired) electrons. The zero-order valence-electron chi connectivity index (χ0n) is 18.2. The van der Waals surface area contributed by atoms with Crippen molar-refractivity contribution in [2.75, 3.05) is 26.8 Å². The van der Waals surface area contributed by atoms with Crippen molar-refractivity contribution in [3.8, 4) is 5.82 Å². The Morgan fingerprint density at radius 2 is 1.81 bits per heavy atom. The summed E-state index contributed by atoms with van der Waals surface area (Å²) in [7, 11) is 1.72. The summed E-state index contributed by atoms with van der Waals surface area (Å²) in [5.41, 5.74) is -0.0960. The van der Waals surface area contributed by atoms with Gasteiger partial charge in [0.15, 0.2) is 17.4 Å². The number of aromatic nitrogens is 3. The fraction of sp³-hybridized carbons (Fsp3) is 0.545. The maximum atomic E-state index is 13.7. The van der Waals surface area contributed by atoms with Crippen LogP contribution in [0.15, 0.2) is 30.7 Å². The molecule has 2 aromatic rings. The summed E-state index contributed by atoms with van der Waals surface area (Å²) in [6.07, 6.45) is 6.15. The van der Waals surface area contributed by atoms with Gasteiger partial charge in [0, 0.05) is 26.1 Å². The van der Waals surface area contributed by atoms with Gasteiger partial charge in [0.1, 0.15) is 12.1 Å². The first-order valence-electron chi connectivity index (χ1n) is 10.9. The molecule has 5 rings (SSSR count). The highest BCUT2D eigenvalue weighted by atomic mass is 19.1. The lowest BCUT2D eigenvalue weighted by Gasteiger charge is -2.53. The second-order valence-corrected chi connectivity index (χ2v) is 8.75. The molecule has 2 saturated heterocycles. The number of carbonyl (C=O) groups excluding carboxylic acids is 2. The van der Waals surface area contributed by atoms with Crippen LogP contribution in [0.3, 0.4) is 0 Å². The zero-order valence-corrected chi connectivity index (χ0v) is 18.2. The fourth-order valence-electron chi connectivity index (χ4n) is 5.05. The summed E-state index contributed by atoms with van der Waals surface area (Å²) in [6.45, 7) is 3.03. The number of hydrogen-bond donors (Lipinski definition) is 0. The zero-order chi connectivity index (χ0) is 22.5. The molecule has 2 aromatic heterocycles. The number of amides is 2. The summed E-state index contributed by atoms with van der Waals surface area (Å²) >= 11 is 0. The van der Waals surface area contributed by atoms with Gasteiger partial charge in [0.05, 0.1) is 31.6 Å². The van der Waals surface area contributed by atoms with Crippen molar-refractivity contribution in [3.63, 3.8) is 0 Å². The van der Waals surface area contributed by atoms with E-state index in [-0.39, 0.29) is 24.4 Å². The van der Waals surface area contributed by atoms with E-state index in [9.17, 15) is 14.0 Å². The summed E-state index contributed by atoms with van der Waals surface area (Å²) in [5, 5.41) is 3.91. The Labute approximate surface area is 185 Å². The second-order valence-electron chi connectivity index (χ2n) is 8.75. The summed E-state index contributed by atoms with van der Waals surface area (Å²) in [6, 6.07) is 3.20. The van der Waals surface area contributed by atoms with Crippen LogP contribution in [0.1, 0.15) is 44.2 Å². The number of hydrogen-bond acceptors (Lipinski definition) is 6. The molecule has 0 aromatic carbocycles. The quantitative estimate of drug-likeness (QED) is 0.719. The smallest absolute Gasteiger partial charge is 0.249 e. The van der Waals surface area contributed by atoms with Crippen LogP contribution in [-0.4, -0.2) is 74.5 Å². The van der Waals surface area contributed by atoms with Crippen molar-refractivity contribution >= 4 is 11.8 Å². The van der Waals surface area contributed by atoms with E-state index in [1.165, 1.54) is 10.9 Å². The number of ether oxygens (including phenoxy) is 2. The molecular weight excluding hydrogens is 417 g/mol. The molecular formula is C22H26FN5O4. The minimum Gasteiger partial charge on any atom is -0.348 e. The molecule has 0 unspecified atom stereocenters. The molecule has 2 amide bonds. The van der Waals surface area contributed by atoms with Crippen molar-refractivity contribution in [2.45, 2.75) is 50.0 Å². The van der Waals surface area contributed by atoms with Crippen LogP contribution >= 0.6 is 0 Å². The van der Waals surface area contributed by atoms with Gasteiger partial charge in [-0.3, -0.25) is 9.59 Å². The topological polar surface area (TPSA) is 89.8 Å². The Kier molecular flexibility index (Phi) is 5.01. The van der Waals surface area contributed by atoms with E-state index >= 15 is 0 Å². The van der Waals surface area contributed by atoms with Crippen molar-refractivity contribution in [3.05, 3.63) is 42.1 Å². The number of nitrogens with zero attached hydrogens (tertiary/aromatic N) is 5. The first-order valence-corrected chi connectivity index (χ1v) is 10.9. The van der Waals surface area contributed by atoms with E-state index < -0.39 is 17.1 Å². The molecule has 170 valence electrons. The van der Waals surface area contributed by atoms with Gasteiger partial charge in [-0.1, -0.05) is 6.07 Å². The number of halogens is 1. The Hall–Kier alpha value is -2.85. The molecule has 1 aliphatic carbocycles. The van der Waals surface area contributed by atoms with Gasteiger partial charge >= 0.3 is 0 Å². The van der Waals surface area contributed by atoms with Gasteiger partial charge in [-0.05, 0) is 31.4 Å². The van der Waals surface area contributed by atoms with Gasteiger partial charge < -0.3 is 19.3 Å². The first kappa shape index (κ1) is 21.0. The van der Waals surface area contributed by atoms with Crippen LogP contribution < -0.4 is 0 Å². The largest absolute Gasteiger partial charge is 0.348 e. The van der Waals surface area contributed by atoms with Crippen LogP contribution in [0.2, 0.25) is 0 Å². The Morgan fingerprint density at radius 3 is 2.41 bits per heavy atom. The third-order valence-corrected chi connectivity index (χ3v) is 7.14. The Balaban J connectivity index is 1.37. The normalized spacial score (nSPS) is 23.3. The van der Waals surface area contributed by atoms with E-state index in [0.717, 1.165) is 11.8 Å². The van der Waals surface area contributed by atoms with Crippen molar-refractivity contribution in [1.82, 2.24) is 24.6 Å². The van der Waals surface area contributed by atoms with Crippen LogP contribution in [0.4, 0.5) is 4.39 Å². The fourth-order valence-corrected chi connectivity index (χ4v) is 5.05. The van der Waals surface area contributed by atoms with E-state index in [4.69, 9.17) is 9.47 Å². The number of piperazine rings is 1. The van der Waals surface area contributed by atoms with Gasteiger partial charge in [-0.15, -0.1) is 0 Å². The molecule has 2 aliphatic heterocycles. The average molecular weight is 443 g/mol. The van der Waals surface area contributed by atoms with Crippen LogP contribution in [0.5, 0.6) is 0 Å². The molecule has 10 heteroatoms. The minimum atomic E-state index is -0.885. The third-order valence-electron chi connectivity index (χ3n) is 7.14. The monoisotopic (exact) mass is 443 g/mol. The lowest BCUT2D eigenvalue weighted by Crippen LogP contribution is -2.69. The van der Waals surface area contributed by atoms with Crippen LogP contribution in [0, 0.1) is 5.82 Å². The van der Waals surface area contributed by atoms with E-state index in [2.05, 4.69) is 10.1 Å². The highest BCUT2D eigenvalue weighted by Gasteiger charge is 2.57. The first-order chi connectivity index (χ1) is 15.3. The van der Waals surface area contributed by atoms with Crippen molar-refractivity contribution < 1.29 is 23.5 Å². The molecule has 32 heavy (non-hydrogen) atoms. The molecule has 9 nitrogen and oxygen atoms in total. The molecule has 3 aliphatic rings. The second kappa shape index (κ2) is 7.63. The minimum absolute atomic E-state index is 0.0164. The van der Waals surface area contributed by atoms with Gasteiger partial charge in [-0.25, -0.2) is 14.1 Å². The summed E-state index contributed by atoms with van der Waals surface area (Å²) < 4.78 is 26.2. The molecule has 1 saturated carbocycles. The Bertz CT molecular complexity index is 1020. The SMILES string of the molecule is C[C@@H](c1ccc(-n2cc(F)cn2)nc1)N1CC(=O)N(C)C2(CCC3(CC2)OCCO3)C1=O. The third kappa shape index (κ3) is 3.29. The van der Waals surface area contributed by atoms with Gasteiger partial charge in [0.2, 0.25) is 11.8 Å². The Morgan fingerprint density at radius 1 is 1.09 bits per heavy atom. The summed E-state index contributed by atoms with van der Waals surface area (Å²) in [5.74, 6) is -0.736. The predicted molar refractivity (Wildman–Crippen MR) is 110 cm³/mol. The average Bonchev–Trinajstić information content (AvgIpc) is 3.45. The van der Waals surface area contributed by atoms with Crippen LogP contribution in [-0.2, 0) is 19.1 Å². The predicted octanol–water partition coefficient (Wildman–Crippen LogP) is 1.82. The number of carbonyl (C=O) groups is 2. The van der Waals surface area contributed by atoms with Gasteiger partial charge in [-0.2, -0.15) is 5.10 Å². The van der Waals surface area contributed by atoms with E-state index in [0.29, 0.717) is 44.7 Å². The molecule has 0 N–H and O–H groups in total.